The molecule has 1 aliphatic heterocycles. The summed E-state index contributed by atoms with van der Waals surface area (Å²) in [6, 6.07) is 2.01. The molecule has 2 heterocycles. The second-order valence-corrected chi connectivity index (χ2v) is 5.41. The monoisotopic (exact) mass is 249 g/mol. The minimum Gasteiger partial charge on any atom is -0.368 e. The van der Waals surface area contributed by atoms with Gasteiger partial charge >= 0.3 is 0 Å². The maximum absolute atomic E-state index is 5.70. The van der Waals surface area contributed by atoms with Crippen molar-refractivity contribution in [3.8, 4) is 0 Å². The number of nitrogens with zero attached hydrogens (tertiary/aromatic N) is 4. The molecule has 5 nitrogen and oxygen atoms in total. The third-order valence-electron chi connectivity index (χ3n) is 3.18. The van der Waals surface area contributed by atoms with Crippen molar-refractivity contribution in [3.05, 3.63) is 11.8 Å². The molecule has 0 radical (unpaired) electrons. The van der Waals surface area contributed by atoms with Crippen molar-refractivity contribution in [1.82, 2.24) is 14.9 Å². The number of nitrogen functional groups attached to an aromatic ring is 1. The maximum atomic E-state index is 5.70. The highest BCUT2D eigenvalue weighted by Crippen LogP contribution is 2.16. The molecule has 100 valence electrons. The van der Waals surface area contributed by atoms with Crippen LogP contribution < -0.4 is 10.6 Å². The van der Waals surface area contributed by atoms with E-state index in [1.54, 1.807) is 0 Å². The Morgan fingerprint density at radius 3 is 2.44 bits per heavy atom. The molecule has 1 aromatic rings. The Hall–Kier alpha value is -1.36. The molecule has 1 saturated heterocycles. The average molecular weight is 249 g/mol. The van der Waals surface area contributed by atoms with Crippen LogP contribution in [0.2, 0.25) is 0 Å². The van der Waals surface area contributed by atoms with E-state index in [1.165, 1.54) is 6.54 Å². The summed E-state index contributed by atoms with van der Waals surface area (Å²) in [5, 5.41) is 0. The Kier molecular flexibility index (Phi) is 4.01. The van der Waals surface area contributed by atoms with Crippen LogP contribution >= 0.6 is 0 Å². The smallest absolute Gasteiger partial charge is 0.222 e. The van der Waals surface area contributed by atoms with E-state index in [-0.39, 0.29) is 0 Å². The van der Waals surface area contributed by atoms with Gasteiger partial charge in [0.1, 0.15) is 5.82 Å². The first-order valence-electron chi connectivity index (χ1n) is 6.63. The van der Waals surface area contributed by atoms with E-state index in [2.05, 4.69) is 33.6 Å². The zero-order chi connectivity index (χ0) is 13.1. The average Bonchev–Trinajstić information content (AvgIpc) is 2.27. The molecule has 1 aromatic heterocycles. The molecule has 2 N–H and O–H groups in total. The normalized spacial score (nSPS) is 17.4. The van der Waals surface area contributed by atoms with E-state index in [9.17, 15) is 0 Å². The second kappa shape index (κ2) is 5.52. The van der Waals surface area contributed by atoms with Crippen LogP contribution in [0.15, 0.2) is 6.07 Å². The van der Waals surface area contributed by atoms with E-state index in [4.69, 9.17) is 5.73 Å². The molecular formula is C13H23N5. The number of aryl methyl sites for hydroxylation is 1. The lowest BCUT2D eigenvalue weighted by Gasteiger charge is -2.36. The van der Waals surface area contributed by atoms with Gasteiger partial charge in [-0.15, -0.1) is 0 Å². The third-order valence-corrected chi connectivity index (χ3v) is 3.18. The number of piperazine rings is 1. The van der Waals surface area contributed by atoms with Gasteiger partial charge in [0.2, 0.25) is 5.95 Å². The maximum Gasteiger partial charge on any atom is 0.222 e. The molecule has 0 saturated carbocycles. The van der Waals surface area contributed by atoms with Gasteiger partial charge in [0.25, 0.3) is 0 Å². The lowest BCUT2D eigenvalue weighted by molar-refractivity contribution is 0.231. The molecule has 0 amide bonds. The van der Waals surface area contributed by atoms with Gasteiger partial charge in [0.05, 0.1) is 0 Å². The van der Waals surface area contributed by atoms with Crippen molar-refractivity contribution >= 4 is 11.8 Å². The van der Waals surface area contributed by atoms with Gasteiger partial charge in [-0.3, -0.25) is 4.90 Å². The van der Waals surface area contributed by atoms with Crippen LogP contribution in [0, 0.1) is 12.8 Å². The fraction of sp³-hybridized carbons (Fsp3) is 0.692. The molecule has 1 aliphatic rings. The molecule has 18 heavy (non-hydrogen) atoms. The number of hydrogen-bond donors (Lipinski definition) is 1. The highest BCUT2D eigenvalue weighted by Gasteiger charge is 2.18. The van der Waals surface area contributed by atoms with Crippen LogP contribution in [-0.2, 0) is 0 Å². The molecular weight excluding hydrogens is 226 g/mol. The fourth-order valence-corrected chi connectivity index (χ4v) is 2.41. The first-order chi connectivity index (χ1) is 8.54. The Bertz CT molecular complexity index is 376. The minimum atomic E-state index is 0.370. The molecule has 0 bridgehead atoms. The highest BCUT2D eigenvalue weighted by atomic mass is 15.3. The summed E-state index contributed by atoms with van der Waals surface area (Å²) in [5.74, 6) is 2.06. The third kappa shape index (κ3) is 3.32. The summed E-state index contributed by atoms with van der Waals surface area (Å²) < 4.78 is 0. The Morgan fingerprint density at radius 1 is 1.22 bits per heavy atom. The van der Waals surface area contributed by atoms with E-state index < -0.39 is 0 Å². The van der Waals surface area contributed by atoms with Crippen LogP contribution in [0.5, 0.6) is 0 Å². The van der Waals surface area contributed by atoms with E-state index >= 15 is 0 Å². The first-order valence-corrected chi connectivity index (χ1v) is 6.63. The number of aromatic nitrogens is 2. The summed E-state index contributed by atoms with van der Waals surface area (Å²) in [7, 11) is 0. The number of anilines is 2. The molecule has 0 spiro atoms. The summed E-state index contributed by atoms with van der Waals surface area (Å²) in [6.07, 6.45) is 0. The molecule has 0 aliphatic carbocycles. The summed E-state index contributed by atoms with van der Waals surface area (Å²) in [6.45, 7) is 11.9. The largest absolute Gasteiger partial charge is 0.368 e. The zero-order valence-electron chi connectivity index (χ0n) is 11.6. The SMILES string of the molecule is Cc1cc(N2CCN(CC(C)C)CC2)nc(N)n1. The van der Waals surface area contributed by atoms with Crippen LogP contribution in [0.4, 0.5) is 11.8 Å². The Morgan fingerprint density at radius 2 is 1.89 bits per heavy atom. The van der Waals surface area contributed by atoms with Gasteiger partial charge in [-0.2, -0.15) is 4.98 Å². The molecule has 0 unspecified atom stereocenters. The Balaban J connectivity index is 1.96. The number of nitrogens with two attached hydrogens (primary N) is 1. The van der Waals surface area contributed by atoms with Crippen molar-refractivity contribution in [2.45, 2.75) is 20.8 Å². The van der Waals surface area contributed by atoms with Crippen molar-refractivity contribution in [2.24, 2.45) is 5.92 Å². The second-order valence-electron chi connectivity index (χ2n) is 5.41. The van der Waals surface area contributed by atoms with Crippen molar-refractivity contribution in [1.29, 1.82) is 0 Å². The molecule has 0 atom stereocenters. The van der Waals surface area contributed by atoms with Crippen LogP contribution in [0.3, 0.4) is 0 Å². The molecule has 2 rings (SSSR count). The summed E-state index contributed by atoms with van der Waals surface area (Å²) in [4.78, 5) is 13.2. The van der Waals surface area contributed by atoms with Gasteiger partial charge in [0.15, 0.2) is 0 Å². The fourth-order valence-electron chi connectivity index (χ4n) is 2.41. The predicted molar refractivity (Wildman–Crippen MR) is 74.7 cm³/mol. The Labute approximate surface area is 109 Å². The van der Waals surface area contributed by atoms with E-state index in [1.807, 2.05) is 13.0 Å². The highest BCUT2D eigenvalue weighted by molar-refractivity contribution is 5.43. The van der Waals surface area contributed by atoms with E-state index in [0.29, 0.717) is 5.95 Å². The van der Waals surface area contributed by atoms with E-state index in [0.717, 1.165) is 43.6 Å². The quantitative estimate of drug-likeness (QED) is 0.870. The van der Waals surface area contributed by atoms with Crippen LogP contribution in [0.25, 0.3) is 0 Å². The predicted octanol–water partition coefficient (Wildman–Crippen LogP) is 1.15. The number of hydrogen-bond acceptors (Lipinski definition) is 5. The summed E-state index contributed by atoms with van der Waals surface area (Å²) in [5.41, 5.74) is 6.63. The minimum absolute atomic E-state index is 0.370. The lowest BCUT2D eigenvalue weighted by atomic mass is 10.2. The van der Waals surface area contributed by atoms with Crippen molar-refractivity contribution in [2.75, 3.05) is 43.4 Å². The van der Waals surface area contributed by atoms with Crippen LogP contribution in [-0.4, -0.2) is 47.6 Å². The lowest BCUT2D eigenvalue weighted by Crippen LogP contribution is -2.47. The molecule has 1 fully saturated rings. The van der Waals surface area contributed by atoms with Gasteiger partial charge in [0, 0.05) is 44.5 Å². The van der Waals surface area contributed by atoms with Gasteiger partial charge in [-0.05, 0) is 12.8 Å². The van der Waals surface area contributed by atoms with Gasteiger partial charge in [-0.25, -0.2) is 4.98 Å². The summed E-state index contributed by atoms with van der Waals surface area (Å²) >= 11 is 0. The number of rotatable bonds is 3. The van der Waals surface area contributed by atoms with Crippen molar-refractivity contribution in [3.63, 3.8) is 0 Å². The standard InChI is InChI=1S/C13H23N5/c1-10(2)9-17-4-6-18(7-5-17)12-8-11(3)15-13(14)16-12/h8,10H,4-7,9H2,1-3H3,(H2,14,15,16). The van der Waals surface area contributed by atoms with Gasteiger partial charge < -0.3 is 10.6 Å². The topological polar surface area (TPSA) is 58.3 Å². The van der Waals surface area contributed by atoms with Crippen LogP contribution in [0.1, 0.15) is 19.5 Å². The van der Waals surface area contributed by atoms with Gasteiger partial charge in [-0.1, -0.05) is 13.8 Å². The molecule has 5 heteroatoms. The molecule has 0 aromatic carbocycles. The zero-order valence-corrected chi connectivity index (χ0v) is 11.6. The first kappa shape index (κ1) is 13.1. The van der Waals surface area contributed by atoms with Crippen molar-refractivity contribution < 1.29 is 0 Å².